The molecule has 7 heteroatoms. The van der Waals surface area contributed by atoms with Crippen LogP contribution in [0.5, 0.6) is 5.88 Å². The van der Waals surface area contributed by atoms with Gasteiger partial charge in [0.05, 0.1) is 11.2 Å². The summed E-state index contributed by atoms with van der Waals surface area (Å²) in [4.78, 5) is 8.95. The van der Waals surface area contributed by atoms with Gasteiger partial charge in [-0.3, -0.25) is 4.57 Å². The predicted octanol–water partition coefficient (Wildman–Crippen LogP) is 3.05. The summed E-state index contributed by atoms with van der Waals surface area (Å²) in [5.74, 6) is 2.12. The van der Waals surface area contributed by atoms with Gasteiger partial charge in [0.2, 0.25) is 5.88 Å². The molecule has 0 bridgehead atoms. The molecule has 0 radical (unpaired) electrons. The van der Waals surface area contributed by atoms with Gasteiger partial charge in [-0.05, 0) is 66.9 Å². The third-order valence-electron chi connectivity index (χ3n) is 4.82. The number of nitrogens with zero attached hydrogens (tertiary/aromatic N) is 3. The van der Waals surface area contributed by atoms with E-state index in [1.54, 1.807) is 6.20 Å². The minimum Gasteiger partial charge on any atom is -0.472 e. The lowest BCUT2D eigenvalue weighted by Crippen LogP contribution is -2.41. The molecule has 6 nitrogen and oxygen atoms in total. The van der Waals surface area contributed by atoms with Crippen molar-refractivity contribution >= 4 is 12.6 Å². The summed E-state index contributed by atoms with van der Waals surface area (Å²) in [6.45, 7) is 16.1. The normalized spacial score (nSPS) is 19.0. The molecule has 0 spiro atoms. The first-order valence-electron chi connectivity index (χ1n) is 8.95. The number of ether oxygens (including phenoxy) is 1. The summed E-state index contributed by atoms with van der Waals surface area (Å²) in [6.07, 6.45) is 3.63. The lowest BCUT2D eigenvalue weighted by molar-refractivity contribution is 0.00578. The van der Waals surface area contributed by atoms with Crippen LogP contribution in [0.3, 0.4) is 0 Å². The van der Waals surface area contributed by atoms with Gasteiger partial charge in [-0.1, -0.05) is 0 Å². The third-order valence-corrected chi connectivity index (χ3v) is 4.82. The van der Waals surface area contributed by atoms with E-state index in [0.29, 0.717) is 5.88 Å². The SMILES string of the molecule is Cc1nccn1-c1cc(B2OC(C)(C)C(C)(C)O2)cc(OC(C)(C)C)n1. The fourth-order valence-corrected chi connectivity index (χ4v) is 2.74. The maximum atomic E-state index is 6.21. The van der Waals surface area contributed by atoms with Gasteiger partial charge in [0, 0.05) is 18.5 Å². The summed E-state index contributed by atoms with van der Waals surface area (Å²) >= 11 is 0. The van der Waals surface area contributed by atoms with Crippen molar-refractivity contribution in [2.75, 3.05) is 0 Å². The first-order valence-corrected chi connectivity index (χ1v) is 8.95. The molecule has 0 amide bonds. The molecular weight excluding hydrogens is 329 g/mol. The standard InChI is InChI=1S/C19H28BN3O3/c1-13-21-9-10-23(13)15-11-14(12-16(22-15)24-17(2,3)4)20-25-18(5,6)19(7,8)26-20/h9-12H,1-8H3. The molecule has 26 heavy (non-hydrogen) atoms. The molecule has 0 aromatic carbocycles. The number of hydrogen-bond donors (Lipinski definition) is 0. The van der Waals surface area contributed by atoms with Crippen molar-refractivity contribution in [1.82, 2.24) is 14.5 Å². The van der Waals surface area contributed by atoms with Crippen molar-refractivity contribution in [2.45, 2.75) is 72.2 Å². The van der Waals surface area contributed by atoms with E-state index in [9.17, 15) is 0 Å². The van der Waals surface area contributed by atoms with Gasteiger partial charge in [-0.15, -0.1) is 0 Å². The van der Waals surface area contributed by atoms with E-state index >= 15 is 0 Å². The topological polar surface area (TPSA) is 58.4 Å². The summed E-state index contributed by atoms with van der Waals surface area (Å²) < 4.78 is 20.4. The van der Waals surface area contributed by atoms with Crippen molar-refractivity contribution < 1.29 is 14.0 Å². The van der Waals surface area contributed by atoms with E-state index in [-0.39, 0.29) is 5.60 Å². The Labute approximate surface area is 156 Å². The highest BCUT2D eigenvalue weighted by Gasteiger charge is 2.52. The molecule has 0 saturated carbocycles. The lowest BCUT2D eigenvalue weighted by atomic mass is 9.79. The van der Waals surface area contributed by atoms with Crippen LogP contribution >= 0.6 is 0 Å². The summed E-state index contributed by atoms with van der Waals surface area (Å²) in [5.41, 5.74) is -0.294. The van der Waals surface area contributed by atoms with Crippen LogP contribution in [0.25, 0.3) is 5.82 Å². The Balaban J connectivity index is 2.05. The zero-order valence-corrected chi connectivity index (χ0v) is 17.0. The molecule has 2 aromatic heterocycles. The van der Waals surface area contributed by atoms with Gasteiger partial charge in [0.25, 0.3) is 0 Å². The molecular formula is C19H28BN3O3. The molecule has 1 aliphatic heterocycles. The number of pyridine rings is 1. The molecule has 1 aliphatic rings. The van der Waals surface area contributed by atoms with Crippen LogP contribution in [0.15, 0.2) is 24.5 Å². The van der Waals surface area contributed by atoms with Crippen LogP contribution in [0.4, 0.5) is 0 Å². The quantitative estimate of drug-likeness (QED) is 0.791. The summed E-state index contributed by atoms with van der Waals surface area (Å²) in [5, 5.41) is 0. The van der Waals surface area contributed by atoms with Crippen molar-refractivity contribution in [2.24, 2.45) is 0 Å². The van der Waals surface area contributed by atoms with Crippen molar-refractivity contribution in [3.05, 3.63) is 30.4 Å². The minimum absolute atomic E-state index is 0.358. The van der Waals surface area contributed by atoms with Gasteiger partial charge >= 0.3 is 7.12 Å². The smallest absolute Gasteiger partial charge is 0.472 e. The predicted molar refractivity (Wildman–Crippen MR) is 102 cm³/mol. The Morgan fingerprint density at radius 3 is 2.19 bits per heavy atom. The van der Waals surface area contributed by atoms with Crippen LogP contribution < -0.4 is 10.2 Å². The zero-order chi connectivity index (χ0) is 19.3. The lowest BCUT2D eigenvalue weighted by Gasteiger charge is -2.32. The third kappa shape index (κ3) is 3.64. The van der Waals surface area contributed by atoms with Crippen molar-refractivity contribution in [3.8, 4) is 11.7 Å². The van der Waals surface area contributed by atoms with Crippen molar-refractivity contribution in [3.63, 3.8) is 0 Å². The molecule has 1 saturated heterocycles. The van der Waals surface area contributed by atoms with Crippen LogP contribution in [0.1, 0.15) is 54.3 Å². The highest BCUT2D eigenvalue weighted by molar-refractivity contribution is 6.62. The highest BCUT2D eigenvalue weighted by atomic mass is 16.7. The van der Waals surface area contributed by atoms with Crippen LogP contribution in [0.2, 0.25) is 0 Å². The van der Waals surface area contributed by atoms with Crippen molar-refractivity contribution in [1.29, 1.82) is 0 Å². The fourth-order valence-electron chi connectivity index (χ4n) is 2.74. The minimum atomic E-state index is -0.479. The first-order chi connectivity index (χ1) is 11.9. The van der Waals surface area contributed by atoms with Crippen LogP contribution in [-0.2, 0) is 9.31 Å². The first kappa shape index (κ1) is 18.9. The van der Waals surface area contributed by atoms with E-state index < -0.39 is 18.3 Å². The van der Waals surface area contributed by atoms with Crippen LogP contribution in [0, 0.1) is 6.92 Å². The number of aryl methyl sites for hydroxylation is 1. The Kier molecular flexibility index (Phi) is 4.44. The molecule has 0 unspecified atom stereocenters. The molecule has 0 atom stereocenters. The van der Waals surface area contributed by atoms with E-state index in [1.807, 2.05) is 78.3 Å². The molecule has 3 heterocycles. The second kappa shape index (κ2) is 6.10. The fraction of sp³-hybridized carbons (Fsp3) is 0.579. The molecule has 2 aromatic rings. The molecule has 140 valence electrons. The molecule has 3 rings (SSSR count). The number of aromatic nitrogens is 3. The maximum absolute atomic E-state index is 6.21. The number of rotatable bonds is 3. The van der Waals surface area contributed by atoms with Crippen LogP contribution in [-0.4, -0.2) is 38.5 Å². The largest absolute Gasteiger partial charge is 0.495 e. The molecule has 0 N–H and O–H groups in total. The summed E-state index contributed by atoms with van der Waals surface area (Å²) in [7, 11) is -0.479. The van der Waals surface area contributed by atoms with Gasteiger partial charge in [-0.25, -0.2) is 4.98 Å². The Morgan fingerprint density at radius 1 is 1.08 bits per heavy atom. The van der Waals surface area contributed by atoms with E-state index in [0.717, 1.165) is 17.1 Å². The van der Waals surface area contributed by atoms with Gasteiger partial charge in [-0.2, -0.15) is 4.98 Å². The monoisotopic (exact) mass is 357 g/mol. The van der Waals surface area contributed by atoms with Gasteiger partial charge in [0.1, 0.15) is 17.2 Å². The molecule has 0 aliphatic carbocycles. The van der Waals surface area contributed by atoms with Gasteiger partial charge in [0.15, 0.2) is 0 Å². The average molecular weight is 357 g/mol. The van der Waals surface area contributed by atoms with E-state index in [4.69, 9.17) is 14.0 Å². The van der Waals surface area contributed by atoms with Gasteiger partial charge < -0.3 is 14.0 Å². The number of imidazole rings is 1. The maximum Gasteiger partial charge on any atom is 0.495 e. The second-order valence-electron chi connectivity index (χ2n) is 8.74. The number of hydrogen-bond acceptors (Lipinski definition) is 5. The Hall–Kier alpha value is -1.86. The van der Waals surface area contributed by atoms with E-state index in [2.05, 4.69) is 9.97 Å². The average Bonchev–Trinajstić information content (AvgIpc) is 2.98. The zero-order valence-electron chi connectivity index (χ0n) is 17.0. The Bertz CT molecular complexity index is 793. The van der Waals surface area contributed by atoms with E-state index in [1.165, 1.54) is 0 Å². The highest BCUT2D eigenvalue weighted by Crippen LogP contribution is 2.36. The Morgan fingerprint density at radius 2 is 1.69 bits per heavy atom. The second-order valence-corrected chi connectivity index (χ2v) is 8.74. The molecule has 1 fully saturated rings. The summed E-state index contributed by atoms with van der Waals surface area (Å²) in [6, 6.07) is 3.86.